The van der Waals surface area contributed by atoms with Crippen LogP contribution in [0, 0.1) is 11.8 Å². The summed E-state index contributed by atoms with van der Waals surface area (Å²) in [6.45, 7) is 5.34. The van der Waals surface area contributed by atoms with E-state index in [2.05, 4.69) is 15.0 Å². The van der Waals surface area contributed by atoms with Crippen molar-refractivity contribution in [2.45, 2.75) is 63.8 Å². The minimum atomic E-state index is -4.75. The molecule has 2 aliphatic heterocycles. The Morgan fingerprint density at radius 3 is 2.57 bits per heavy atom. The second-order valence-electron chi connectivity index (χ2n) is 11.8. The number of carbonyl (C=O) groups excluding carboxylic acids is 1. The smallest absolute Gasteiger partial charge is 0.456 e. The summed E-state index contributed by atoms with van der Waals surface area (Å²) in [5.74, 6) is 2.05. The number of ether oxygens (including phenoxy) is 1. The summed E-state index contributed by atoms with van der Waals surface area (Å²) in [5.41, 5.74) is 1.62. The number of thiocarbonyl (C=S) groups is 1. The lowest BCUT2D eigenvalue weighted by Gasteiger charge is -2.30. The molecule has 4 aliphatic rings. The molecule has 2 saturated heterocycles. The van der Waals surface area contributed by atoms with Gasteiger partial charge in [-0.25, -0.2) is 0 Å². The second-order valence-corrected chi connectivity index (χ2v) is 13.4. The summed E-state index contributed by atoms with van der Waals surface area (Å²) in [6, 6.07) is 7.80. The molecule has 3 heterocycles. The molecule has 1 N–H and O–H groups in total. The van der Waals surface area contributed by atoms with Crippen LogP contribution in [0.25, 0.3) is 17.4 Å². The van der Waals surface area contributed by atoms with Crippen molar-refractivity contribution in [3.63, 3.8) is 0 Å². The van der Waals surface area contributed by atoms with Crippen molar-refractivity contribution < 1.29 is 27.1 Å². The van der Waals surface area contributed by atoms with E-state index in [1.165, 1.54) is 43.2 Å². The van der Waals surface area contributed by atoms with Gasteiger partial charge < -0.3 is 19.4 Å². The number of hydrogen-bond donors (Lipinski definition) is 1. The van der Waals surface area contributed by atoms with Crippen molar-refractivity contribution >= 4 is 40.3 Å². The number of thioether (sulfide) groups is 1. The predicted molar refractivity (Wildman–Crippen MR) is 162 cm³/mol. The number of aryl methyl sites for hydroxylation is 1. The first-order chi connectivity index (χ1) is 20.2. The summed E-state index contributed by atoms with van der Waals surface area (Å²) < 4.78 is 48.8. The normalized spacial score (nSPS) is 25.7. The molecule has 2 saturated carbocycles. The fraction of sp³-hybridized carbons (Fsp3) is 0.548. The third kappa shape index (κ3) is 6.90. The molecular formula is C31H36F3N3O3S2. The molecular weight excluding hydrogens is 583 g/mol. The van der Waals surface area contributed by atoms with Crippen molar-refractivity contribution in [2.24, 2.45) is 11.8 Å². The van der Waals surface area contributed by atoms with Crippen LogP contribution in [0.1, 0.15) is 56.3 Å². The van der Waals surface area contributed by atoms with Gasteiger partial charge in [0.25, 0.3) is 5.91 Å². The largest absolute Gasteiger partial charge is 0.573 e. The molecule has 0 spiro atoms. The number of nitrogens with one attached hydrogen (secondary N) is 1. The van der Waals surface area contributed by atoms with Gasteiger partial charge in [-0.15, -0.1) is 13.2 Å². The zero-order valence-corrected chi connectivity index (χ0v) is 25.1. The Bertz CT molecular complexity index is 1320. The molecule has 6 nitrogen and oxygen atoms in total. The minimum Gasteiger partial charge on any atom is -0.456 e. The first kappa shape index (κ1) is 29.7. The number of benzene rings is 1. The van der Waals surface area contributed by atoms with Gasteiger partial charge in [0.2, 0.25) is 0 Å². The maximum absolute atomic E-state index is 13.6. The molecule has 226 valence electrons. The van der Waals surface area contributed by atoms with E-state index in [1.54, 1.807) is 12.1 Å². The second kappa shape index (κ2) is 12.7. The van der Waals surface area contributed by atoms with Crippen LogP contribution in [0.5, 0.6) is 5.75 Å². The Balaban J connectivity index is 1.18. The highest BCUT2D eigenvalue weighted by molar-refractivity contribution is 8.26. The zero-order chi connectivity index (χ0) is 29.3. The highest BCUT2D eigenvalue weighted by Gasteiger charge is 2.48. The summed E-state index contributed by atoms with van der Waals surface area (Å²) in [5, 5.41) is 3.38. The number of fused-ring (bicyclic) bond motifs is 2. The van der Waals surface area contributed by atoms with Crippen LogP contribution in [-0.2, 0) is 11.2 Å². The van der Waals surface area contributed by atoms with Crippen LogP contribution >= 0.6 is 24.0 Å². The average Bonchev–Trinajstić information content (AvgIpc) is 3.74. The standard InChI is InChI=1S/C31H36F3N3O3S2/c32-31(33,34)40-24-9-7-21(8-10-24)26-18-23(4-2-1-3-13-36-14-11-35-12-15-36)27(39-26)19-28-29(38)37(30(41)42-28)25-17-20-5-6-22(25)16-20/h7-10,18-20,22,25,35H,1-6,11-17H2/b28-19-. The lowest BCUT2D eigenvalue weighted by Crippen LogP contribution is -2.43. The van der Waals surface area contributed by atoms with E-state index in [-0.39, 0.29) is 17.7 Å². The molecule has 4 fully saturated rings. The number of piperazine rings is 1. The molecule has 2 bridgehead atoms. The van der Waals surface area contributed by atoms with E-state index >= 15 is 0 Å². The van der Waals surface area contributed by atoms with Crippen molar-refractivity contribution in [1.82, 2.24) is 15.1 Å². The van der Waals surface area contributed by atoms with Gasteiger partial charge in [-0.2, -0.15) is 0 Å². The quantitative estimate of drug-likeness (QED) is 0.177. The van der Waals surface area contributed by atoms with E-state index in [0.29, 0.717) is 38.1 Å². The summed E-state index contributed by atoms with van der Waals surface area (Å²) >= 11 is 7.01. The molecule has 42 heavy (non-hydrogen) atoms. The van der Waals surface area contributed by atoms with Gasteiger partial charge in [0, 0.05) is 43.9 Å². The van der Waals surface area contributed by atoms with Crippen molar-refractivity contribution in [2.75, 3.05) is 32.7 Å². The van der Waals surface area contributed by atoms with Crippen molar-refractivity contribution in [1.29, 1.82) is 0 Å². The highest BCUT2D eigenvalue weighted by atomic mass is 32.2. The number of furan rings is 1. The summed E-state index contributed by atoms with van der Waals surface area (Å²) in [4.78, 5) is 18.5. The fourth-order valence-electron chi connectivity index (χ4n) is 6.90. The SMILES string of the molecule is O=C1/C(=C/c2oc(-c3ccc(OC(F)(F)F)cc3)cc2CCCCCN2CCNCC2)SC(=S)N1C1CC2CCC1C2. The lowest BCUT2D eigenvalue weighted by atomic mass is 9.94. The minimum absolute atomic E-state index is 0.0453. The fourth-order valence-corrected chi connectivity index (χ4v) is 8.24. The van der Waals surface area contributed by atoms with E-state index in [9.17, 15) is 18.0 Å². The maximum Gasteiger partial charge on any atom is 0.573 e. The highest BCUT2D eigenvalue weighted by Crippen LogP contribution is 2.49. The van der Waals surface area contributed by atoms with Gasteiger partial charge >= 0.3 is 6.36 Å². The van der Waals surface area contributed by atoms with Crippen LogP contribution < -0.4 is 10.1 Å². The van der Waals surface area contributed by atoms with E-state index in [0.717, 1.165) is 70.4 Å². The van der Waals surface area contributed by atoms with Crippen LogP contribution in [0.3, 0.4) is 0 Å². The third-order valence-electron chi connectivity index (χ3n) is 8.96. The first-order valence-electron chi connectivity index (χ1n) is 14.9. The van der Waals surface area contributed by atoms with Gasteiger partial charge in [-0.1, -0.05) is 36.8 Å². The first-order valence-corrected chi connectivity index (χ1v) is 16.1. The van der Waals surface area contributed by atoms with Crippen LogP contribution in [-0.4, -0.2) is 65.2 Å². The molecule has 3 unspecified atom stereocenters. The molecule has 1 aromatic heterocycles. The van der Waals surface area contributed by atoms with E-state index in [1.807, 2.05) is 17.0 Å². The number of unbranched alkanes of at least 4 members (excludes halogenated alkanes) is 2. The molecule has 2 aromatic rings. The average molecular weight is 620 g/mol. The van der Waals surface area contributed by atoms with Crippen LogP contribution in [0.4, 0.5) is 13.2 Å². The molecule has 1 amide bonds. The third-order valence-corrected chi connectivity index (χ3v) is 10.3. The van der Waals surface area contributed by atoms with Crippen molar-refractivity contribution in [3.05, 3.63) is 46.6 Å². The molecule has 3 atom stereocenters. The van der Waals surface area contributed by atoms with E-state index in [4.69, 9.17) is 16.6 Å². The Labute approximate surface area is 254 Å². The lowest BCUT2D eigenvalue weighted by molar-refractivity contribution is -0.274. The van der Waals surface area contributed by atoms with Gasteiger partial charge in [0.1, 0.15) is 21.6 Å². The molecule has 11 heteroatoms. The Morgan fingerprint density at radius 1 is 1.10 bits per heavy atom. The molecule has 0 radical (unpaired) electrons. The van der Waals surface area contributed by atoms with Gasteiger partial charge in [0.15, 0.2) is 0 Å². The summed E-state index contributed by atoms with van der Waals surface area (Å²) in [6.07, 6.45) is 5.63. The number of amides is 1. The number of nitrogens with zero attached hydrogens (tertiary/aromatic N) is 2. The number of hydrogen-bond acceptors (Lipinski definition) is 7. The molecule has 6 rings (SSSR count). The zero-order valence-electron chi connectivity index (χ0n) is 23.5. The van der Waals surface area contributed by atoms with Crippen LogP contribution in [0.15, 0.2) is 39.7 Å². The van der Waals surface area contributed by atoms with Gasteiger partial charge in [-0.05, 0) is 92.8 Å². The predicted octanol–water partition coefficient (Wildman–Crippen LogP) is 6.85. The Hall–Kier alpha value is -2.34. The summed E-state index contributed by atoms with van der Waals surface area (Å²) in [7, 11) is 0. The monoisotopic (exact) mass is 619 g/mol. The number of alkyl halides is 3. The van der Waals surface area contributed by atoms with Gasteiger partial charge in [-0.3, -0.25) is 9.69 Å². The number of rotatable bonds is 10. The Morgan fingerprint density at radius 2 is 1.88 bits per heavy atom. The van der Waals surface area contributed by atoms with Gasteiger partial charge in [0.05, 0.1) is 4.91 Å². The molecule has 2 aliphatic carbocycles. The number of carbonyl (C=O) groups is 1. The topological polar surface area (TPSA) is 58.0 Å². The molecule has 1 aromatic carbocycles. The Kier molecular flexibility index (Phi) is 9.00. The number of halogens is 3. The van der Waals surface area contributed by atoms with E-state index < -0.39 is 6.36 Å². The van der Waals surface area contributed by atoms with Crippen molar-refractivity contribution in [3.8, 4) is 17.1 Å². The maximum atomic E-state index is 13.6. The van der Waals surface area contributed by atoms with Crippen LogP contribution in [0.2, 0.25) is 0 Å².